The van der Waals surface area contributed by atoms with Crippen molar-refractivity contribution in [2.24, 2.45) is 13.0 Å². The van der Waals surface area contributed by atoms with Gasteiger partial charge in [-0.05, 0) is 42.0 Å². The second-order valence-corrected chi connectivity index (χ2v) is 5.99. The molecule has 0 saturated heterocycles. The van der Waals surface area contributed by atoms with Crippen LogP contribution >= 0.6 is 0 Å². The highest BCUT2D eigenvalue weighted by Gasteiger charge is 2.23. The minimum absolute atomic E-state index is 0.0901. The topological polar surface area (TPSA) is 54.3 Å². The summed E-state index contributed by atoms with van der Waals surface area (Å²) >= 11 is 0. The highest BCUT2D eigenvalue weighted by molar-refractivity contribution is 5.81. The Bertz CT molecular complexity index is 641. The first-order valence-electron chi connectivity index (χ1n) is 7.66. The first kappa shape index (κ1) is 14.1. The molecule has 0 bridgehead atoms. The van der Waals surface area contributed by atoms with Crippen molar-refractivity contribution >= 4 is 16.8 Å². The highest BCUT2D eigenvalue weighted by Crippen LogP contribution is 2.25. The van der Waals surface area contributed by atoms with E-state index in [1.165, 1.54) is 0 Å². The predicted molar refractivity (Wildman–Crippen MR) is 82.8 cm³/mol. The van der Waals surface area contributed by atoms with Crippen molar-refractivity contribution < 1.29 is 9.90 Å². The van der Waals surface area contributed by atoms with Crippen molar-refractivity contribution in [3.8, 4) is 0 Å². The Morgan fingerprint density at radius 2 is 2.14 bits per heavy atom. The molecule has 1 aromatic heterocycles. The number of aromatic nitrogens is 1. The Morgan fingerprint density at radius 1 is 1.38 bits per heavy atom. The number of hydrogen-bond donors (Lipinski definition) is 2. The number of hydrogen-bond acceptors (Lipinski definition) is 2. The zero-order valence-electron chi connectivity index (χ0n) is 12.4. The molecule has 2 aromatic rings. The fraction of sp³-hybridized carbons (Fsp3) is 0.471. The zero-order chi connectivity index (χ0) is 14.8. The van der Waals surface area contributed by atoms with E-state index in [-0.39, 0.29) is 18.4 Å². The molecule has 1 unspecified atom stereocenters. The lowest BCUT2D eigenvalue weighted by Crippen LogP contribution is -2.32. The summed E-state index contributed by atoms with van der Waals surface area (Å²) in [6.07, 6.45) is 5.61. The van der Waals surface area contributed by atoms with Gasteiger partial charge in [0.1, 0.15) is 0 Å². The third-order valence-electron chi connectivity index (χ3n) is 4.49. The first-order valence-corrected chi connectivity index (χ1v) is 7.66. The number of nitrogens with one attached hydrogen (secondary N) is 1. The summed E-state index contributed by atoms with van der Waals surface area (Å²) < 4.78 is 2.05. The fourth-order valence-corrected chi connectivity index (χ4v) is 3.15. The molecule has 1 saturated carbocycles. The number of carbonyl (C=O) groups excluding carboxylic acids is 1. The largest absolute Gasteiger partial charge is 0.387 e. The SMILES string of the molecule is Cn1ccc2cc(C(O)CNC(=O)C3CCCC3)ccc21. The number of amides is 1. The minimum Gasteiger partial charge on any atom is -0.387 e. The maximum absolute atomic E-state index is 12.0. The first-order chi connectivity index (χ1) is 10.1. The van der Waals surface area contributed by atoms with Crippen LogP contribution in [0.15, 0.2) is 30.5 Å². The smallest absolute Gasteiger partial charge is 0.223 e. The summed E-state index contributed by atoms with van der Waals surface area (Å²) in [7, 11) is 2.00. The van der Waals surface area contributed by atoms with Crippen LogP contribution in [0.3, 0.4) is 0 Å². The van der Waals surface area contributed by atoms with Crippen molar-refractivity contribution in [2.45, 2.75) is 31.8 Å². The lowest BCUT2D eigenvalue weighted by molar-refractivity contribution is -0.125. The van der Waals surface area contributed by atoms with Gasteiger partial charge in [-0.15, -0.1) is 0 Å². The molecule has 112 valence electrons. The van der Waals surface area contributed by atoms with Gasteiger partial charge >= 0.3 is 0 Å². The third-order valence-corrected chi connectivity index (χ3v) is 4.49. The van der Waals surface area contributed by atoms with Crippen molar-refractivity contribution in [3.63, 3.8) is 0 Å². The normalized spacial score (nSPS) is 17.2. The van der Waals surface area contributed by atoms with Gasteiger partial charge in [-0.2, -0.15) is 0 Å². The summed E-state index contributed by atoms with van der Waals surface area (Å²) in [5, 5.41) is 14.2. The monoisotopic (exact) mass is 286 g/mol. The van der Waals surface area contributed by atoms with Crippen molar-refractivity contribution in [1.82, 2.24) is 9.88 Å². The number of fused-ring (bicyclic) bond motifs is 1. The molecule has 3 rings (SSSR count). The molecule has 21 heavy (non-hydrogen) atoms. The molecule has 2 N–H and O–H groups in total. The third kappa shape index (κ3) is 2.95. The van der Waals surface area contributed by atoms with Crippen LogP contribution in [0.4, 0.5) is 0 Å². The summed E-state index contributed by atoms with van der Waals surface area (Å²) in [5.74, 6) is 0.237. The van der Waals surface area contributed by atoms with E-state index >= 15 is 0 Å². The van der Waals surface area contributed by atoms with Gasteiger partial charge in [-0.3, -0.25) is 4.79 Å². The molecule has 1 atom stereocenters. The van der Waals surface area contributed by atoms with E-state index in [0.29, 0.717) is 0 Å². The maximum Gasteiger partial charge on any atom is 0.223 e. The van der Waals surface area contributed by atoms with E-state index in [0.717, 1.165) is 42.1 Å². The number of rotatable bonds is 4. The average Bonchev–Trinajstić information content (AvgIpc) is 3.14. The number of nitrogens with zero attached hydrogens (tertiary/aromatic N) is 1. The van der Waals surface area contributed by atoms with Gasteiger partial charge in [0.05, 0.1) is 6.10 Å². The molecule has 1 aliphatic carbocycles. The lowest BCUT2D eigenvalue weighted by Gasteiger charge is -2.15. The molecule has 1 aromatic carbocycles. The molecule has 0 radical (unpaired) electrons. The van der Waals surface area contributed by atoms with Crippen LogP contribution in [0.2, 0.25) is 0 Å². The van der Waals surface area contributed by atoms with Gasteiger partial charge in [0, 0.05) is 31.2 Å². The number of benzene rings is 1. The average molecular weight is 286 g/mol. The molecule has 1 heterocycles. The van der Waals surface area contributed by atoms with Crippen LogP contribution in [0, 0.1) is 5.92 Å². The van der Waals surface area contributed by atoms with Gasteiger partial charge in [0.25, 0.3) is 0 Å². The van der Waals surface area contributed by atoms with E-state index in [1.807, 2.05) is 42.1 Å². The molecular weight excluding hydrogens is 264 g/mol. The number of carbonyl (C=O) groups is 1. The van der Waals surface area contributed by atoms with Crippen LogP contribution in [-0.4, -0.2) is 22.1 Å². The summed E-state index contributed by atoms with van der Waals surface area (Å²) in [6.45, 7) is 0.285. The Labute approximate surface area is 124 Å². The van der Waals surface area contributed by atoms with E-state index in [9.17, 15) is 9.90 Å². The molecule has 4 heteroatoms. The quantitative estimate of drug-likeness (QED) is 0.907. The van der Waals surface area contributed by atoms with Crippen LogP contribution in [0.1, 0.15) is 37.4 Å². The molecule has 1 fully saturated rings. The molecule has 0 spiro atoms. The van der Waals surface area contributed by atoms with Gasteiger partial charge in [0.2, 0.25) is 5.91 Å². The van der Waals surface area contributed by atoms with Crippen LogP contribution in [0.5, 0.6) is 0 Å². The summed E-state index contributed by atoms with van der Waals surface area (Å²) in [4.78, 5) is 12.0. The number of aryl methyl sites for hydroxylation is 1. The van der Waals surface area contributed by atoms with Crippen molar-refractivity contribution in [3.05, 3.63) is 36.0 Å². The molecular formula is C17H22N2O2. The van der Waals surface area contributed by atoms with Gasteiger partial charge in [0.15, 0.2) is 0 Å². The molecule has 1 amide bonds. The Balaban J connectivity index is 1.63. The van der Waals surface area contributed by atoms with Crippen molar-refractivity contribution in [2.75, 3.05) is 6.54 Å². The Hall–Kier alpha value is -1.81. The van der Waals surface area contributed by atoms with Gasteiger partial charge < -0.3 is 15.0 Å². The highest BCUT2D eigenvalue weighted by atomic mass is 16.3. The second-order valence-electron chi connectivity index (χ2n) is 5.99. The number of aliphatic hydroxyl groups is 1. The molecule has 4 nitrogen and oxygen atoms in total. The fourth-order valence-electron chi connectivity index (χ4n) is 3.15. The minimum atomic E-state index is -0.653. The second kappa shape index (κ2) is 5.90. The Kier molecular flexibility index (Phi) is 3.97. The molecule has 1 aliphatic rings. The van der Waals surface area contributed by atoms with Crippen LogP contribution in [-0.2, 0) is 11.8 Å². The zero-order valence-corrected chi connectivity index (χ0v) is 12.4. The van der Waals surface area contributed by atoms with Crippen LogP contribution in [0.25, 0.3) is 10.9 Å². The standard InChI is InChI=1S/C17H22N2O2/c1-19-9-8-13-10-14(6-7-15(13)19)16(20)11-18-17(21)12-4-2-3-5-12/h6-10,12,16,20H,2-5,11H2,1H3,(H,18,21). The van der Waals surface area contributed by atoms with E-state index in [2.05, 4.69) is 5.32 Å². The summed E-state index contributed by atoms with van der Waals surface area (Å²) in [5.41, 5.74) is 1.99. The lowest BCUT2D eigenvalue weighted by atomic mass is 10.1. The van der Waals surface area contributed by atoms with Crippen molar-refractivity contribution in [1.29, 1.82) is 0 Å². The van der Waals surface area contributed by atoms with Crippen LogP contribution < -0.4 is 5.32 Å². The number of aliphatic hydroxyl groups excluding tert-OH is 1. The molecule has 0 aliphatic heterocycles. The predicted octanol–water partition coefficient (Wildman–Crippen LogP) is 2.52. The summed E-state index contributed by atoms with van der Waals surface area (Å²) in [6, 6.07) is 7.95. The van der Waals surface area contributed by atoms with E-state index in [1.54, 1.807) is 0 Å². The van der Waals surface area contributed by atoms with E-state index in [4.69, 9.17) is 0 Å². The maximum atomic E-state index is 12.0. The van der Waals surface area contributed by atoms with E-state index < -0.39 is 6.10 Å². The Morgan fingerprint density at radius 3 is 2.90 bits per heavy atom. The van der Waals surface area contributed by atoms with Gasteiger partial charge in [-0.25, -0.2) is 0 Å². The van der Waals surface area contributed by atoms with Gasteiger partial charge in [-0.1, -0.05) is 18.9 Å².